The second kappa shape index (κ2) is 7.59. The summed E-state index contributed by atoms with van der Waals surface area (Å²) in [6.45, 7) is 5.04. The fourth-order valence-electron chi connectivity index (χ4n) is 3.84. The van der Waals surface area contributed by atoms with Gasteiger partial charge in [0.1, 0.15) is 11.6 Å². The molecule has 5 rings (SSSR count). The molecule has 2 aliphatic rings. The van der Waals surface area contributed by atoms with Crippen LogP contribution in [0.25, 0.3) is 5.65 Å². The third kappa shape index (κ3) is 3.57. The summed E-state index contributed by atoms with van der Waals surface area (Å²) in [5.74, 6) is 2.65. The van der Waals surface area contributed by atoms with Crippen molar-refractivity contribution >= 4 is 23.2 Å². The molecule has 9 nitrogen and oxygen atoms in total. The quantitative estimate of drug-likeness (QED) is 0.728. The van der Waals surface area contributed by atoms with Gasteiger partial charge in [-0.1, -0.05) is 0 Å². The molecule has 2 fully saturated rings. The van der Waals surface area contributed by atoms with Gasteiger partial charge in [0.2, 0.25) is 5.95 Å². The molecule has 1 N–H and O–H groups in total. The van der Waals surface area contributed by atoms with Crippen LogP contribution in [0.4, 0.5) is 17.6 Å². The lowest BCUT2D eigenvalue weighted by atomic mass is 10.1. The zero-order valence-corrected chi connectivity index (χ0v) is 15.7. The maximum absolute atomic E-state index is 5.42. The molecule has 0 aliphatic carbocycles. The van der Waals surface area contributed by atoms with Crippen molar-refractivity contribution in [1.29, 1.82) is 0 Å². The Hall–Kier alpha value is -2.94. The van der Waals surface area contributed by atoms with Crippen molar-refractivity contribution in [3.8, 4) is 0 Å². The van der Waals surface area contributed by atoms with Crippen LogP contribution in [0.2, 0.25) is 0 Å². The van der Waals surface area contributed by atoms with Crippen molar-refractivity contribution in [2.24, 2.45) is 0 Å². The zero-order chi connectivity index (χ0) is 18.8. The Morgan fingerprint density at radius 1 is 1.00 bits per heavy atom. The molecule has 0 aromatic carbocycles. The first-order chi connectivity index (χ1) is 13.8. The maximum Gasteiger partial charge on any atom is 0.227 e. The minimum absolute atomic E-state index is 0.323. The van der Waals surface area contributed by atoms with E-state index in [0.29, 0.717) is 6.04 Å². The van der Waals surface area contributed by atoms with Gasteiger partial charge in [-0.25, -0.2) is 14.5 Å². The molecule has 146 valence electrons. The van der Waals surface area contributed by atoms with E-state index < -0.39 is 0 Å². The van der Waals surface area contributed by atoms with Crippen LogP contribution in [0, 0.1) is 0 Å². The van der Waals surface area contributed by atoms with Gasteiger partial charge in [0.25, 0.3) is 0 Å². The maximum atomic E-state index is 5.42. The molecule has 3 aromatic heterocycles. The predicted octanol–water partition coefficient (Wildman–Crippen LogP) is 1.44. The number of rotatable bonds is 4. The fourth-order valence-corrected chi connectivity index (χ4v) is 3.84. The van der Waals surface area contributed by atoms with Crippen LogP contribution >= 0.6 is 0 Å². The van der Waals surface area contributed by atoms with Crippen molar-refractivity contribution in [3.05, 3.63) is 36.8 Å². The average Bonchev–Trinajstić information content (AvgIpc) is 3.23. The van der Waals surface area contributed by atoms with Gasteiger partial charge in [-0.3, -0.25) is 0 Å². The number of ether oxygens (including phenoxy) is 1. The third-order valence-corrected chi connectivity index (χ3v) is 5.28. The van der Waals surface area contributed by atoms with E-state index in [1.165, 1.54) is 0 Å². The fraction of sp³-hybridized carbons (Fsp3) is 0.474. The van der Waals surface area contributed by atoms with Gasteiger partial charge in [-0.15, -0.1) is 0 Å². The molecular weight excluding hydrogens is 356 g/mol. The second-order valence-electron chi connectivity index (χ2n) is 7.19. The first-order valence-electron chi connectivity index (χ1n) is 9.83. The molecule has 0 bridgehead atoms. The number of aromatic nitrogens is 5. The van der Waals surface area contributed by atoms with E-state index in [1.807, 2.05) is 30.6 Å². The number of fused-ring (bicyclic) bond motifs is 1. The summed E-state index contributed by atoms with van der Waals surface area (Å²) < 4.78 is 7.21. The number of nitrogens with zero attached hydrogens (tertiary/aromatic N) is 7. The van der Waals surface area contributed by atoms with Crippen molar-refractivity contribution in [2.45, 2.75) is 18.9 Å². The third-order valence-electron chi connectivity index (χ3n) is 5.28. The first kappa shape index (κ1) is 17.2. The molecule has 0 amide bonds. The van der Waals surface area contributed by atoms with E-state index in [0.717, 1.165) is 75.5 Å². The van der Waals surface area contributed by atoms with E-state index in [-0.39, 0.29) is 0 Å². The number of nitrogens with one attached hydrogen (secondary N) is 1. The molecule has 2 saturated heterocycles. The lowest BCUT2D eigenvalue weighted by Gasteiger charge is -2.34. The number of morpholine rings is 1. The summed E-state index contributed by atoms with van der Waals surface area (Å²) in [7, 11) is 0. The SMILES string of the molecule is c1cc(NC2CCCN(c3ccn4nccc4n3)C2)nc(N2CCOCC2)n1. The number of piperidine rings is 1. The molecule has 9 heteroatoms. The Morgan fingerprint density at radius 3 is 2.86 bits per heavy atom. The molecule has 0 spiro atoms. The summed E-state index contributed by atoms with van der Waals surface area (Å²) in [6, 6.07) is 6.23. The van der Waals surface area contributed by atoms with Crippen molar-refractivity contribution < 1.29 is 4.74 Å². The smallest absolute Gasteiger partial charge is 0.227 e. The largest absolute Gasteiger partial charge is 0.378 e. The Morgan fingerprint density at radius 2 is 1.93 bits per heavy atom. The highest BCUT2D eigenvalue weighted by Gasteiger charge is 2.22. The van der Waals surface area contributed by atoms with Gasteiger partial charge in [-0.2, -0.15) is 10.1 Å². The van der Waals surface area contributed by atoms with Crippen LogP contribution in [0.5, 0.6) is 0 Å². The highest BCUT2D eigenvalue weighted by atomic mass is 16.5. The molecule has 1 unspecified atom stereocenters. The summed E-state index contributed by atoms with van der Waals surface area (Å²) >= 11 is 0. The molecule has 0 saturated carbocycles. The van der Waals surface area contributed by atoms with Crippen LogP contribution in [0.3, 0.4) is 0 Å². The highest BCUT2D eigenvalue weighted by molar-refractivity contribution is 5.49. The van der Waals surface area contributed by atoms with Crippen LogP contribution < -0.4 is 15.1 Å². The van der Waals surface area contributed by atoms with Gasteiger partial charge in [-0.05, 0) is 25.0 Å². The summed E-state index contributed by atoms with van der Waals surface area (Å²) in [5, 5.41) is 7.82. The monoisotopic (exact) mass is 380 g/mol. The average molecular weight is 380 g/mol. The van der Waals surface area contributed by atoms with Crippen molar-refractivity contribution in [2.75, 3.05) is 54.5 Å². The number of hydrogen-bond donors (Lipinski definition) is 1. The second-order valence-corrected chi connectivity index (χ2v) is 7.19. The normalized spacial score (nSPS) is 20.5. The standard InChI is InChI=1S/C19H24N8O/c1-2-15(14-26(8-1)17-5-9-27-18(24-17)4-7-21-27)22-16-3-6-20-19(23-16)25-10-12-28-13-11-25/h3-7,9,15H,1-2,8,10-14H2,(H,20,22,23). The molecule has 1 atom stereocenters. The summed E-state index contributed by atoms with van der Waals surface area (Å²) in [5.41, 5.74) is 0.874. The Balaban J connectivity index is 1.27. The van der Waals surface area contributed by atoms with Gasteiger partial charge >= 0.3 is 0 Å². The van der Waals surface area contributed by atoms with Gasteiger partial charge in [0, 0.05) is 50.7 Å². The number of anilines is 3. The molecule has 2 aliphatic heterocycles. The van der Waals surface area contributed by atoms with E-state index in [2.05, 4.69) is 25.2 Å². The van der Waals surface area contributed by atoms with Crippen LogP contribution in [0.1, 0.15) is 12.8 Å². The molecule has 0 radical (unpaired) electrons. The van der Waals surface area contributed by atoms with Crippen LogP contribution in [0.15, 0.2) is 36.8 Å². The Kier molecular flexibility index (Phi) is 4.66. The van der Waals surface area contributed by atoms with E-state index in [9.17, 15) is 0 Å². The zero-order valence-electron chi connectivity index (χ0n) is 15.7. The number of hydrogen-bond acceptors (Lipinski definition) is 8. The lowest BCUT2D eigenvalue weighted by molar-refractivity contribution is 0.122. The van der Waals surface area contributed by atoms with E-state index >= 15 is 0 Å². The molecule has 5 heterocycles. The van der Waals surface area contributed by atoms with Gasteiger partial charge in [0.05, 0.1) is 19.4 Å². The minimum atomic E-state index is 0.323. The van der Waals surface area contributed by atoms with Crippen molar-refractivity contribution in [3.63, 3.8) is 0 Å². The molecular formula is C19H24N8O. The molecule has 28 heavy (non-hydrogen) atoms. The summed E-state index contributed by atoms with van der Waals surface area (Å²) in [4.78, 5) is 18.4. The van der Waals surface area contributed by atoms with E-state index in [4.69, 9.17) is 14.7 Å². The predicted molar refractivity (Wildman–Crippen MR) is 107 cm³/mol. The van der Waals surface area contributed by atoms with Crippen molar-refractivity contribution in [1.82, 2.24) is 24.6 Å². The van der Waals surface area contributed by atoms with Crippen LogP contribution in [-0.4, -0.2) is 70.0 Å². The highest BCUT2D eigenvalue weighted by Crippen LogP contribution is 2.21. The Labute approximate surface area is 163 Å². The lowest BCUT2D eigenvalue weighted by Crippen LogP contribution is -2.43. The topological polar surface area (TPSA) is 83.7 Å². The minimum Gasteiger partial charge on any atom is -0.378 e. The van der Waals surface area contributed by atoms with Gasteiger partial charge in [0.15, 0.2) is 5.65 Å². The molecule has 3 aromatic rings. The van der Waals surface area contributed by atoms with Crippen LogP contribution in [-0.2, 0) is 4.74 Å². The van der Waals surface area contributed by atoms with Gasteiger partial charge < -0.3 is 19.9 Å². The summed E-state index contributed by atoms with van der Waals surface area (Å²) in [6.07, 6.45) is 7.80. The first-order valence-corrected chi connectivity index (χ1v) is 9.83. The van der Waals surface area contributed by atoms with E-state index in [1.54, 1.807) is 10.7 Å². The Bertz CT molecular complexity index is 938.